The van der Waals surface area contributed by atoms with Gasteiger partial charge >= 0.3 is 0 Å². The lowest BCUT2D eigenvalue weighted by Gasteiger charge is -2.33. The van der Waals surface area contributed by atoms with Gasteiger partial charge in [0.1, 0.15) is 22.9 Å². The average molecular weight is 391 g/mol. The summed E-state index contributed by atoms with van der Waals surface area (Å²) in [5.74, 6) is 0.164. The molecule has 3 rings (SSSR count). The lowest BCUT2D eigenvalue weighted by atomic mass is 9.72. The molecule has 152 valence electrons. The van der Waals surface area contributed by atoms with Crippen LogP contribution < -0.4 is 0 Å². The fourth-order valence-electron chi connectivity index (χ4n) is 4.08. The molecule has 0 heterocycles. The third kappa shape index (κ3) is 4.58. The highest BCUT2D eigenvalue weighted by Crippen LogP contribution is 2.41. The molecule has 3 aromatic carbocycles. The molecule has 0 saturated heterocycles. The van der Waals surface area contributed by atoms with Crippen LogP contribution in [0.1, 0.15) is 52.2 Å². The van der Waals surface area contributed by atoms with Crippen LogP contribution in [0.4, 0.5) is 11.4 Å². The number of hydrogen-bond acceptors (Lipinski definition) is 4. The molecule has 0 amide bonds. The molecular formula is C25H30N2O2. The van der Waals surface area contributed by atoms with Gasteiger partial charge in [-0.2, -0.15) is 0 Å². The summed E-state index contributed by atoms with van der Waals surface area (Å²) >= 11 is 0. The van der Waals surface area contributed by atoms with Crippen LogP contribution in [0, 0.1) is 12.3 Å². The van der Waals surface area contributed by atoms with Gasteiger partial charge in [-0.3, -0.25) is 0 Å². The number of rotatable bonds is 4. The Balaban J connectivity index is 2.04. The molecule has 4 nitrogen and oxygen atoms in total. The highest BCUT2D eigenvalue weighted by molar-refractivity contribution is 5.95. The van der Waals surface area contributed by atoms with Crippen LogP contribution in [0.25, 0.3) is 10.8 Å². The molecule has 0 aliphatic carbocycles. The fourth-order valence-corrected chi connectivity index (χ4v) is 4.08. The molecule has 29 heavy (non-hydrogen) atoms. The molecule has 0 radical (unpaired) electrons. The van der Waals surface area contributed by atoms with Crippen molar-refractivity contribution < 1.29 is 10.2 Å². The highest BCUT2D eigenvalue weighted by Gasteiger charge is 2.27. The van der Waals surface area contributed by atoms with Crippen molar-refractivity contribution in [3.05, 3.63) is 59.7 Å². The van der Waals surface area contributed by atoms with Gasteiger partial charge in [0.05, 0.1) is 0 Å². The summed E-state index contributed by atoms with van der Waals surface area (Å²) in [5, 5.41) is 30.8. The van der Waals surface area contributed by atoms with Crippen molar-refractivity contribution in [2.75, 3.05) is 0 Å². The summed E-state index contributed by atoms with van der Waals surface area (Å²) in [6.07, 6.45) is 1.06. The molecule has 2 N–H and O–H groups in total. The van der Waals surface area contributed by atoms with Gasteiger partial charge in [0.25, 0.3) is 0 Å². The van der Waals surface area contributed by atoms with Crippen molar-refractivity contribution in [1.29, 1.82) is 0 Å². The van der Waals surface area contributed by atoms with E-state index in [1.165, 1.54) is 5.56 Å². The number of aryl methyl sites for hydroxylation is 1. The Kier molecular flexibility index (Phi) is 5.40. The number of phenolic OH excluding ortho intramolecular Hbond substituents is 2. The van der Waals surface area contributed by atoms with Gasteiger partial charge in [-0.1, -0.05) is 71.0 Å². The molecule has 0 aliphatic heterocycles. The minimum absolute atomic E-state index is 0.0271. The zero-order valence-electron chi connectivity index (χ0n) is 18.1. The Labute approximate surface area is 172 Å². The summed E-state index contributed by atoms with van der Waals surface area (Å²) in [6.45, 7) is 13.1. The van der Waals surface area contributed by atoms with Crippen LogP contribution in [-0.4, -0.2) is 10.2 Å². The first-order valence-corrected chi connectivity index (χ1v) is 9.94. The quantitative estimate of drug-likeness (QED) is 0.448. The standard InChI is InChI=1S/C25H30N2O2/c1-16-8-7-9-20(23(16)29)26-27-22-19-12-11-18(14-17(19)10-13-21(22)28)25(5,6)15-24(2,3)4/h7-14,28-29H,15H2,1-6H3. The number of nitrogens with zero attached hydrogens (tertiary/aromatic N) is 2. The minimum Gasteiger partial charge on any atom is -0.506 e. The van der Waals surface area contributed by atoms with Crippen molar-refractivity contribution in [1.82, 2.24) is 0 Å². The smallest absolute Gasteiger partial charge is 0.145 e. The zero-order valence-corrected chi connectivity index (χ0v) is 18.1. The fraction of sp³-hybridized carbons (Fsp3) is 0.360. The second-order valence-electron chi connectivity index (χ2n) is 9.63. The van der Waals surface area contributed by atoms with Crippen LogP contribution in [0.15, 0.2) is 58.8 Å². The van der Waals surface area contributed by atoms with Gasteiger partial charge in [-0.05, 0) is 52.8 Å². The van der Waals surface area contributed by atoms with Crippen LogP contribution in [-0.2, 0) is 5.41 Å². The number of benzene rings is 3. The maximum atomic E-state index is 10.4. The molecule has 4 heteroatoms. The molecule has 0 aromatic heterocycles. The monoisotopic (exact) mass is 390 g/mol. The molecule has 0 bridgehead atoms. The van der Waals surface area contributed by atoms with Crippen molar-refractivity contribution in [2.45, 2.75) is 53.4 Å². The summed E-state index contributed by atoms with van der Waals surface area (Å²) in [7, 11) is 0. The normalized spacial score (nSPS) is 12.8. The van der Waals surface area contributed by atoms with Crippen molar-refractivity contribution in [3.8, 4) is 11.5 Å². The van der Waals surface area contributed by atoms with E-state index in [0.29, 0.717) is 11.4 Å². The van der Waals surface area contributed by atoms with Crippen LogP contribution in [0.3, 0.4) is 0 Å². The molecule has 3 aromatic rings. The molecule has 0 fully saturated rings. The van der Waals surface area contributed by atoms with Gasteiger partial charge in [-0.25, -0.2) is 0 Å². The minimum atomic E-state index is 0.0271. The molecule has 0 saturated carbocycles. The highest BCUT2D eigenvalue weighted by atomic mass is 16.3. The largest absolute Gasteiger partial charge is 0.506 e. The van der Waals surface area contributed by atoms with Gasteiger partial charge in [-0.15, -0.1) is 10.2 Å². The predicted octanol–water partition coefficient (Wildman–Crippen LogP) is 7.69. The first-order chi connectivity index (χ1) is 13.5. The van der Waals surface area contributed by atoms with Gasteiger partial charge < -0.3 is 10.2 Å². The van der Waals surface area contributed by atoms with E-state index < -0.39 is 0 Å². The SMILES string of the molecule is Cc1cccc(N=Nc2c(O)ccc3cc(C(C)(C)CC(C)(C)C)ccc23)c1O. The summed E-state index contributed by atoms with van der Waals surface area (Å²) < 4.78 is 0. The van der Waals surface area contributed by atoms with E-state index in [1.54, 1.807) is 12.1 Å². The zero-order chi connectivity index (χ0) is 21.4. The maximum absolute atomic E-state index is 10.4. The lowest BCUT2D eigenvalue weighted by molar-refractivity contribution is 0.284. The predicted molar refractivity (Wildman–Crippen MR) is 120 cm³/mol. The summed E-state index contributed by atoms with van der Waals surface area (Å²) in [6, 6.07) is 15.2. The van der Waals surface area contributed by atoms with E-state index in [0.717, 1.165) is 22.8 Å². The molecule has 0 unspecified atom stereocenters. The van der Waals surface area contributed by atoms with E-state index in [9.17, 15) is 10.2 Å². The summed E-state index contributed by atoms with van der Waals surface area (Å²) in [4.78, 5) is 0. The second kappa shape index (κ2) is 7.51. The first-order valence-electron chi connectivity index (χ1n) is 9.94. The van der Waals surface area contributed by atoms with Gasteiger partial charge in [0.15, 0.2) is 0 Å². The summed E-state index contributed by atoms with van der Waals surface area (Å²) in [5.41, 5.74) is 3.02. The van der Waals surface area contributed by atoms with E-state index >= 15 is 0 Å². The van der Waals surface area contributed by atoms with Crippen LogP contribution in [0.2, 0.25) is 0 Å². The third-order valence-corrected chi connectivity index (χ3v) is 5.20. The Morgan fingerprint density at radius 1 is 0.862 bits per heavy atom. The van der Waals surface area contributed by atoms with Crippen molar-refractivity contribution in [2.24, 2.45) is 15.6 Å². The number of hydrogen-bond donors (Lipinski definition) is 2. The molecule has 0 atom stereocenters. The molecular weight excluding hydrogens is 360 g/mol. The molecule has 0 aliphatic rings. The number of phenols is 2. The van der Waals surface area contributed by atoms with E-state index in [-0.39, 0.29) is 22.3 Å². The number of para-hydroxylation sites is 1. The Morgan fingerprint density at radius 2 is 1.59 bits per heavy atom. The second-order valence-corrected chi connectivity index (χ2v) is 9.63. The Bertz CT molecular complexity index is 1080. The topological polar surface area (TPSA) is 65.2 Å². The van der Waals surface area contributed by atoms with E-state index in [1.807, 2.05) is 31.2 Å². The third-order valence-electron chi connectivity index (χ3n) is 5.20. The first kappa shape index (κ1) is 20.8. The number of aromatic hydroxyl groups is 2. The number of azo groups is 1. The maximum Gasteiger partial charge on any atom is 0.145 e. The van der Waals surface area contributed by atoms with Gasteiger partial charge in [0.2, 0.25) is 0 Å². The lowest BCUT2D eigenvalue weighted by Crippen LogP contribution is -2.24. The van der Waals surface area contributed by atoms with Crippen molar-refractivity contribution in [3.63, 3.8) is 0 Å². The Morgan fingerprint density at radius 3 is 2.28 bits per heavy atom. The van der Waals surface area contributed by atoms with Crippen LogP contribution in [0.5, 0.6) is 11.5 Å². The van der Waals surface area contributed by atoms with E-state index in [4.69, 9.17) is 0 Å². The molecule has 0 spiro atoms. The average Bonchev–Trinajstić information content (AvgIpc) is 2.61. The van der Waals surface area contributed by atoms with Gasteiger partial charge in [0, 0.05) is 5.39 Å². The number of fused-ring (bicyclic) bond motifs is 1. The Hall–Kier alpha value is -2.88. The van der Waals surface area contributed by atoms with E-state index in [2.05, 4.69) is 57.0 Å². The van der Waals surface area contributed by atoms with Crippen LogP contribution >= 0.6 is 0 Å². The van der Waals surface area contributed by atoms with Crippen molar-refractivity contribution >= 4 is 22.1 Å².